The molecule has 0 bridgehead atoms. The molecule has 0 fully saturated rings. The molecule has 0 saturated carbocycles. The van der Waals surface area contributed by atoms with Gasteiger partial charge in [0, 0.05) is 29.4 Å². The molecule has 1 atom stereocenters. The third-order valence-electron chi connectivity index (χ3n) is 2.99. The van der Waals surface area contributed by atoms with Gasteiger partial charge in [-0.25, -0.2) is 14.4 Å². The molecule has 1 aromatic carbocycles. The second-order valence-corrected chi connectivity index (χ2v) is 4.71. The Balaban J connectivity index is 2.36. The normalized spacial score (nSPS) is 12.4. The molecule has 2 rings (SSSR count). The smallest absolute Gasteiger partial charge is 0.159 e. The van der Waals surface area contributed by atoms with Gasteiger partial charge in [0.05, 0.1) is 0 Å². The monoisotopic (exact) mass is 259 g/mol. The van der Waals surface area contributed by atoms with Crippen LogP contribution in [0.4, 0.5) is 4.39 Å². The van der Waals surface area contributed by atoms with E-state index in [1.807, 2.05) is 19.9 Å². The molecule has 0 radical (unpaired) electrons. The second kappa shape index (κ2) is 5.89. The summed E-state index contributed by atoms with van der Waals surface area (Å²) in [5.74, 6) is 0.271. The number of hydrogen-bond acceptors (Lipinski definition) is 3. The zero-order valence-corrected chi connectivity index (χ0v) is 11.2. The molecule has 0 amide bonds. The predicted octanol–water partition coefficient (Wildman–Crippen LogP) is 2.87. The van der Waals surface area contributed by atoms with E-state index < -0.39 is 0 Å². The first-order chi connectivity index (χ1) is 9.08. The van der Waals surface area contributed by atoms with Crippen molar-refractivity contribution in [3.05, 3.63) is 47.5 Å². The number of halogens is 1. The van der Waals surface area contributed by atoms with Gasteiger partial charge in [-0.15, -0.1) is 0 Å². The minimum Gasteiger partial charge on any atom is -0.327 e. The van der Waals surface area contributed by atoms with Crippen LogP contribution in [0, 0.1) is 12.7 Å². The molecule has 19 heavy (non-hydrogen) atoms. The molecule has 0 aliphatic rings. The average Bonchev–Trinajstić information content (AvgIpc) is 2.38. The fraction of sp³-hybridized carbons (Fsp3) is 0.333. The third-order valence-corrected chi connectivity index (χ3v) is 2.99. The van der Waals surface area contributed by atoms with E-state index in [0.29, 0.717) is 17.8 Å². The van der Waals surface area contributed by atoms with Gasteiger partial charge < -0.3 is 5.73 Å². The van der Waals surface area contributed by atoms with Gasteiger partial charge in [0.25, 0.3) is 0 Å². The molecule has 100 valence electrons. The molecule has 4 heteroatoms. The van der Waals surface area contributed by atoms with Crippen molar-refractivity contribution in [3.8, 4) is 11.4 Å². The van der Waals surface area contributed by atoms with Crippen LogP contribution in [0.2, 0.25) is 0 Å². The van der Waals surface area contributed by atoms with Crippen LogP contribution < -0.4 is 5.73 Å². The lowest BCUT2D eigenvalue weighted by molar-refractivity contribution is 0.627. The number of aromatic nitrogens is 2. The van der Waals surface area contributed by atoms with Crippen LogP contribution in [0.3, 0.4) is 0 Å². The highest BCUT2D eigenvalue weighted by Gasteiger charge is 2.08. The summed E-state index contributed by atoms with van der Waals surface area (Å²) >= 11 is 0. The van der Waals surface area contributed by atoms with Crippen LogP contribution in [-0.4, -0.2) is 16.0 Å². The van der Waals surface area contributed by atoms with Crippen molar-refractivity contribution < 1.29 is 4.39 Å². The van der Waals surface area contributed by atoms with Gasteiger partial charge in [-0.3, -0.25) is 0 Å². The van der Waals surface area contributed by atoms with Gasteiger partial charge >= 0.3 is 0 Å². The summed E-state index contributed by atoms with van der Waals surface area (Å²) < 4.78 is 13.2. The van der Waals surface area contributed by atoms with Crippen LogP contribution in [0.5, 0.6) is 0 Å². The summed E-state index contributed by atoms with van der Waals surface area (Å²) in [6.45, 7) is 3.96. The van der Waals surface area contributed by atoms with E-state index in [1.165, 1.54) is 12.1 Å². The minimum absolute atomic E-state index is 0.0923. The van der Waals surface area contributed by atoms with Crippen LogP contribution in [0.15, 0.2) is 30.3 Å². The van der Waals surface area contributed by atoms with Crippen molar-refractivity contribution in [1.29, 1.82) is 0 Å². The Bertz CT molecular complexity index is 569. The molecule has 1 unspecified atom stereocenters. The summed E-state index contributed by atoms with van der Waals surface area (Å²) in [4.78, 5) is 8.83. The van der Waals surface area contributed by atoms with E-state index in [-0.39, 0.29) is 11.9 Å². The van der Waals surface area contributed by atoms with E-state index in [9.17, 15) is 4.39 Å². The number of rotatable bonds is 4. The molecule has 0 spiro atoms. The molecule has 1 aromatic heterocycles. The molecule has 0 aliphatic heterocycles. The topological polar surface area (TPSA) is 51.8 Å². The first kappa shape index (κ1) is 13.6. The van der Waals surface area contributed by atoms with Gasteiger partial charge in [0.1, 0.15) is 5.82 Å². The zero-order valence-electron chi connectivity index (χ0n) is 11.2. The number of nitrogens with two attached hydrogens (primary N) is 1. The highest BCUT2D eigenvalue weighted by Crippen LogP contribution is 2.17. The zero-order chi connectivity index (χ0) is 13.8. The Morgan fingerprint density at radius 3 is 2.74 bits per heavy atom. The lowest BCUT2D eigenvalue weighted by atomic mass is 10.1. The van der Waals surface area contributed by atoms with E-state index in [1.54, 1.807) is 12.1 Å². The number of aryl methyl sites for hydroxylation is 1. The van der Waals surface area contributed by atoms with Gasteiger partial charge in [-0.1, -0.05) is 19.1 Å². The highest BCUT2D eigenvalue weighted by atomic mass is 19.1. The van der Waals surface area contributed by atoms with Crippen molar-refractivity contribution in [2.75, 3.05) is 0 Å². The SMILES string of the molecule is CCC(N)Cc1cc(C)nc(-c2cccc(F)c2)n1. The van der Waals surface area contributed by atoms with Crippen molar-refractivity contribution in [1.82, 2.24) is 9.97 Å². The summed E-state index contributed by atoms with van der Waals surface area (Å²) in [7, 11) is 0. The summed E-state index contributed by atoms with van der Waals surface area (Å²) in [5, 5.41) is 0. The van der Waals surface area contributed by atoms with Gasteiger partial charge in [-0.05, 0) is 31.5 Å². The second-order valence-electron chi connectivity index (χ2n) is 4.71. The maximum Gasteiger partial charge on any atom is 0.159 e. The first-order valence-corrected chi connectivity index (χ1v) is 6.44. The van der Waals surface area contributed by atoms with Gasteiger partial charge in [0.15, 0.2) is 5.82 Å². The Morgan fingerprint density at radius 1 is 1.26 bits per heavy atom. The van der Waals surface area contributed by atoms with Gasteiger partial charge in [0.2, 0.25) is 0 Å². The molecular weight excluding hydrogens is 241 g/mol. The third kappa shape index (κ3) is 3.58. The van der Waals surface area contributed by atoms with Crippen molar-refractivity contribution in [2.24, 2.45) is 5.73 Å². The lowest BCUT2D eigenvalue weighted by Crippen LogP contribution is -2.22. The van der Waals surface area contributed by atoms with E-state index >= 15 is 0 Å². The Morgan fingerprint density at radius 2 is 2.05 bits per heavy atom. The maximum atomic E-state index is 13.2. The summed E-state index contributed by atoms with van der Waals surface area (Å²) in [6.07, 6.45) is 1.61. The molecule has 2 aromatic rings. The standard InChI is InChI=1S/C15H18FN3/c1-3-13(17)9-14-7-10(2)18-15(19-14)11-5-4-6-12(16)8-11/h4-8,13H,3,9,17H2,1-2H3. The Kier molecular flexibility index (Phi) is 4.22. The number of benzene rings is 1. The summed E-state index contributed by atoms with van der Waals surface area (Å²) in [5.41, 5.74) is 8.41. The van der Waals surface area contributed by atoms with E-state index in [2.05, 4.69) is 9.97 Å². The quantitative estimate of drug-likeness (QED) is 0.918. The first-order valence-electron chi connectivity index (χ1n) is 6.44. The maximum absolute atomic E-state index is 13.2. The molecule has 0 saturated heterocycles. The van der Waals surface area contributed by atoms with Crippen LogP contribution in [0.1, 0.15) is 24.7 Å². The molecule has 0 aliphatic carbocycles. The fourth-order valence-corrected chi connectivity index (χ4v) is 1.91. The largest absolute Gasteiger partial charge is 0.327 e. The fourth-order valence-electron chi connectivity index (χ4n) is 1.91. The van der Waals surface area contributed by atoms with Crippen molar-refractivity contribution in [3.63, 3.8) is 0 Å². The van der Waals surface area contributed by atoms with Crippen molar-refractivity contribution >= 4 is 0 Å². The van der Waals surface area contributed by atoms with Crippen LogP contribution in [0.25, 0.3) is 11.4 Å². The predicted molar refractivity (Wildman–Crippen MR) is 74.1 cm³/mol. The highest BCUT2D eigenvalue weighted by molar-refractivity contribution is 5.55. The Hall–Kier alpha value is -1.81. The lowest BCUT2D eigenvalue weighted by Gasteiger charge is -2.10. The van der Waals surface area contributed by atoms with Crippen LogP contribution >= 0.6 is 0 Å². The molecular formula is C15H18FN3. The minimum atomic E-state index is -0.283. The van der Waals surface area contributed by atoms with Gasteiger partial charge in [-0.2, -0.15) is 0 Å². The number of nitrogens with zero attached hydrogens (tertiary/aromatic N) is 2. The van der Waals surface area contributed by atoms with E-state index in [0.717, 1.165) is 17.8 Å². The molecule has 2 N–H and O–H groups in total. The molecule has 1 heterocycles. The van der Waals surface area contributed by atoms with Crippen LogP contribution in [-0.2, 0) is 6.42 Å². The summed E-state index contributed by atoms with van der Waals surface area (Å²) in [6, 6.07) is 8.34. The molecule has 3 nitrogen and oxygen atoms in total. The average molecular weight is 259 g/mol. The Labute approximate surface area is 112 Å². The van der Waals surface area contributed by atoms with E-state index in [4.69, 9.17) is 5.73 Å². The van der Waals surface area contributed by atoms with Crippen molar-refractivity contribution in [2.45, 2.75) is 32.7 Å². The number of hydrogen-bond donors (Lipinski definition) is 1.